The van der Waals surface area contributed by atoms with Gasteiger partial charge in [0.1, 0.15) is 0 Å². The summed E-state index contributed by atoms with van der Waals surface area (Å²) in [5, 5.41) is 3.92. The molecule has 0 atom stereocenters. The molecule has 1 heterocycles. The molecular weight excluding hydrogens is 461 g/mol. The first kappa shape index (κ1) is 21.0. The molecule has 0 radical (unpaired) electrons. The van der Waals surface area contributed by atoms with Crippen molar-refractivity contribution >= 4 is 47.2 Å². The normalized spacial score (nSPS) is 16.6. The van der Waals surface area contributed by atoms with Crippen molar-refractivity contribution in [2.24, 2.45) is 10.7 Å². The van der Waals surface area contributed by atoms with Crippen LogP contribution in [0.25, 0.3) is 0 Å². The van der Waals surface area contributed by atoms with Gasteiger partial charge in [0.25, 0.3) is 0 Å². The number of benzene rings is 2. The second kappa shape index (κ2) is 9.58. The van der Waals surface area contributed by atoms with E-state index in [1.54, 1.807) is 0 Å². The van der Waals surface area contributed by atoms with Crippen LogP contribution in [0.3, 0.4) is 0 Å². The Balaban J connectivity index is 0.00000243. The van der Waals surface area contributed by atoms with Gasteiger partial charge < -0.3 is 15.8 Å². The summed E-state index contributed by atoms with van der Waals surface area (Å²) in [6, 6.07) is 16.1. The van der Waals surface area contributed by atoms with E-state index in [9.17, 15) is 0 Å². The first-order valence-electron chi connectivity index (χ1n) is 8.55. The van der Waals surface area contributed by atoms with E-state index in [-0.39, 0.29) is 29.4 Å². The number of nitrogens with one attached hydrogen (secondary N) is 1. The molecule has 2 aromatic carbocycles. The number of anilines is 1. The lowest BCUT2D eigenvalue weighted by molar-refractivity contribution is 0.0531. The van der Waals surface area contributed by atoms with Gasteiger partial charge in [0.15, 0.2) is 5.96 Å². The summed E-state index contributed by atoms with van der Waals surface area (Å²) in [5.74, 6) is 0.429. The number of aryl methyl sites for hydroxylation is 1. The van der Waals surface area contributed by atoms with Crippen LogP contribution >= 0.6 is 35.6 Å². The molecule has 1 fully saturated rings. The molecule has 4 nitrogen and oxygen atoms in total. The molecule has 1 aliphatic heterocycles. The molecule has 0 spiro atoms. The fourth-order valence-corrected chi connectivity index (χ4v) is 3.46. The van der Waals surface area contributed by atoms with Gasteiger partial charge in [0.05, 0.1) is 6.54 Å². The molecule has 2 aromatic rings. The molecule has 1 saturated heterocycles. The van der Waals surface area contributed by atoms with E-state index >= 15 is 0 Å². The highest BCUT2D eigenvalue weighted by atomic mass is 127. The van der Waals surface area contributed by atoms with E-state index < -0.39 is 0 Å². The maximum absolute atomic E-state index is 6.21. The van der Waals surface area contributed by atoms with Gasteiger partial charge in [-0.15, -0.1) is 24.0 Å². The Morgan fingerprint density at radius 1 is 1.19 bits per heavy atom. The maximum Gasteiger partial charge on any atom is 0.193 e. The van der Waals surface area contributed by atoms with Gasteiger partial charge in [-0.05, 0) is 55.2 Å². The van der Waals surface area contributed by atoms with Crippen LogP contribution in [0.15, 0.2) is 53.5 Å². The average molecular weight is 486 g/mol. The monoisotopic (exact) mass is 485 g/mol. The zero-order valence-corrected chi connectivity index (χ0v) is 18.0. The second-order valence-corrected chi connectivity index (χ2v) is 7.04. The van der Waals surface area contributed by atoms with Gasteiger partial charge in [-0.25, -0.2) is 0 Å². The number of guanidine groups is 1. The lowest BCUT2D eigenvalue weighted by Crippen LogP contribution is -2.38. The molecule has 0 saturated carbocycles. The standard InChI is InChI=1S/C20H24ClN3O.HI/c1-15-4-2-7-18(12-15)24-19(22)23-14-20(8-10-25-11-9-20)16-5-3-6-17(21)13-16;/h2-7,12-13H,8-11,14H2,1H3,(H3,22,23,24);1H. The minimum atomic E-state index is -0.0813. The summed E-state index contributed by atoms with van der Waals surface area (Å²) in [7, 11) is 0. The van der Waals surface area contributed by atoms with Crippen molar-refractivity contribution in [1.29, 1.82) is 0 Å². The summed E-state index contributed by atoms with van der Waals surface area (Å²) >= 11 is 6.21. The molecule has 1 aliphatic rings. The van der Waals surface area contributed by atoms with Gasteiger partial charge in [0.2, 0.25) is 0 Å². The number of halogens is 2. The van der Waals surface area contributed by atoms with Gasteiger partial charge in [-0.1, -0.05) is 35.9 Å². The Bertz CT molecular complexity index is 760. The van der Waals surface area contributed by atoms with Crippen LogP contribution in [-0.4, -0.2) is 25.7 Å². The number of hydrogen-bond donors (Lipinski definition) is 2. The van der Waals surface area contributed by atoms with Crippen molar-refractivity contribution in [3.63, 3.8) is 0 Å². The maximum atomic E-state index is 6.21. The van der Waals surface area contributed by atoms with Crippen LogP contribution in [0.1, 0.15) is 24.0 Å². The van der Waals surface area contributed by atoms with Gasteiger partial charge >= 0.3 is 0 Å². The van der Waals surface area contributed by atoms with Gasteiger partial charge in [-0.2, -0.15) is 0 Å². The number of nitrogens with zero attached hydrogens (tertiary/aromatic N) is 1. The number of aliphatic imine (C=N–C) groups is 1. The number of nitrogens with two attached hydrogens (primary N) is 1. The molecule has 0 bridgehead atoms. The number of ether oxygens (including phenoxy) is 1. The predicted molar refractivity (Wildman–Crippen MR) is 120 cm³/mol. The summed E-state index contributed by atoms with van der Waals surface area (Å²) in [6.45, 7) is 4.12. The molecule has 6 heteroatoms. The Hall–Kier alpha value is -1.31. The average Bonchev–Trinajstić information content (AvgIpc) is 2.61. The fourth-order valence-electron chi connectivity index (χ4n) is 3.27. The Morgan fingerprint density at radius 2 is 1.92 bits per heavy atom. The highest BCUT2D eigenvalue weighted by Crippen LogP contribution is 2.36. The van der Waals surface area contributed by atoms with Crippen LogP contribution in [0.2, 0.25) is 5.02 Å². The van der Waals surface area contributed by atoms with Gasteiger partial charge in [0, 0.05) is 29.3 Å². The highest BCUT2D eigenvalue weighted by molar-refractivity contribution is 14.0. The zero-order valence-electron chi connectivity index (χ0n) is 14.9. The highest BCUT2D eigenvalue weighted by Gasteiger charge is 2.34. The Kier molecular flexibility index (Phi) is 7.73. The molecule has 0 aromatic heterocycles. The molecule has 26 heavy (non-hydrogen) atoms. The fraction of sp³-hybridized carbons (Fsp3) is 0.350. The predicted octanol–water partition coefficient (Wildman–Crippen LogP) is 4.74. The van der Waals surface area contributed by atoms with E-state index in [0.717, 1.165) is 36.8 Å². The van der Waals surface area contributed by atoms with E-state index in [4.69, 9.17) is 22.1 Å². The molecule has 0 aliphatic carbocycles. The quantitative estimate of drug-likeness (QED) is 0.374. The lowest BCUT2D eigenvalue weighted by atomic mass is 9.74. The number of rotatable bonds is 4. The summed E-state index contributed by atoms with van der Waals surface area (Å²) in [4.78, 5) is 4.64. The van der Waals surface area contributed by atoms with Crippen LogP contribution < -0.4 is 11.1 Å². The largest absolute Gasteiger partial charge is 0.381 e. The van der Waals surface area contributed by atoms with Crippen molar-refractivity contribution in [2.45, 2.75) is 25.2 Å². The van der Waals surface area contributed by atoms with Crippen LogP contribution in [0.5, 0.6) is 0 Å². The topological polar surface area (TPSA) is 59.6 Å². The van der Waals surface area contributed by atoms with E-state index in [2.05, 4.69) is 29.4 Å². The third kappa shape index (κ3) is 5.34. The summed E-state index contributed by atoms with van der Waals surface area (Å²) in [5.41, 5.74) is 9.37. The Labute approximate surface area is 177 Å². The van der Waals surface area contributed by atoms with Crippen molar-refractivity contribution in [3.8, 4) is 0 Å². The van der Waals surface area contributed by atoms with Crippen molar-refractivity contribution in [2.75, 3.05) is 25.1 Å². The van der Waals surface area contributed by atoms with Crippen molar-refractivity contribution in [3.05, 3.63) is 64.7 Å². The van der Waals surface area contributed by atoms with Gasteiger partial charge in [-0.3, -0.25) is 4.99 Å². The molecule has 3 N–H and O–H groups in total. The third-order valence-corrected chi connectivity index (χ3v) is 4.96. The molecule has 0 unspecified atom stereocenters. The zero-order chi connectivity index (χ0) is 17.7. The van der Waals surface area contributed by atoms with E-state index in [1.165, 1.54) is 11.1 Å². The van der Waals surface area contributed by atoms with Crippen LogP contribution in [0.4, 0.5) is 5.69 Å². The lowest BCUT2D eigenvalue weighted by Gasteiger charge is -2.36. The minimum absolute atomic E-state index is 0. The number of hydrogen-bond acceptors (Lipinski definition) is 2. The molecule has 3 rings (SSSR count). The molecule has 0 amide bonds. The third-order valence-electron chi connectivity index (χ3n) is 4.73. The first-order chi connectivity index (χ1) is 12.1. The van der Waals surface area contributed by atoms with Crippen molar-refractivity contribution < 1.29 is 4.74 Å². The van der Waals surface area contributed by atoms with Crippen LogP contribution in [0, 0.1) is 6.92 Å². The summed E-state index contributed by atoms with van der Waals surface area (Å²) in [6.07, 6.45) is 1.82. The molecular formula is C20H25ClIN3O. The SMILES string of the molecule is Cc1cccc(NC(N)=NCC2(c3cccc(Cl)c3)CCOCC2)c1.I. The van der Waals surface area contributed by atoms with E-state index in [1.807, 2.05) is 36.4 Å². The van der Waals surface area contributed by atoms with Crippen molar-refractivity contribution in [1.82, 2.24) is 0 Å². The smallest absolute Gasteiger partial charge is 0.193 e. The molecule has 140 valence electrons. The summed E-state index contributed by atoms with van der Waals surface area (Å²) < 4.78 is 5.56. The first-order valence-corrected chi connectivity index (χ1v) is 8.93. The van der Waals surface area contributed by atoms with E-state index in [0.29, 0.717) is 12.5 Å². The second-order valence-electron chi connectivity index (χ2n) is 6.60. The van der Waals surface area contributed by atoms with Crippen LogP contribution in [-0.2, 0) is 10.2 Å². The Morgan fingerprint density at radius 3 is 2.62 bits per heavy atom. The minimum Gasteiger partial charge on any atom is -0.381 e.